The van der Waals surface area contributed by atoms with Crippen LogP contribution >= 0.6 is 0 Å². The molecule has 2 aliphatic rings. The lowest BCUT2D eigenvalue weighted by Crippen LogP contribution is -2.65. The third kappa shape index (κ3) is 23.4. The number of aliphatic hydroxyl groups excluding tert-OH is 19. The summed E-state index contributed by atoms with van der Waals surface area (Å²) in [6.07, 6.45) is -25.5. The van der Waals surface area contributed by atoms with Gasteiger partial charge in [0.05, 0.1) is 85.9 Å². The highest BCUT2D eigenvalue weighted by atomic mass is 16.7. The third-order valence-corrected chi connectivity index (χ3v) is 17.0. The number of rotatable bonds is 40. The zero-order chi connectivity index (χ0) is 62.7. The molecule has 0 aromatic heterocycles. The van der Waals surface area contributed by atoms with E-state index in [0.717, 1.165) is 38.5 Å². The van der Waals surface area contributed by atoms with E-state index in [2.05, 4.69) is 6.92 Å². The molecule has 0 radical (unpaired) electrons. The second-order valence-corrected chi connectivity index (χ2v) is 24.6. The van der Waals surface area contributed by atoms with E-state index in [1.54, 1.807) is 13.0 Å². The van der Waals surface area contributed by atoms with Crippen LogP contribution in [0.1, 0.15) is 164 Å². The van der Waals surface area contributed by atoms with E-state index in [9.17, 15) is 112 Å². The maximum Gasteiger partial charge on any atom is 0.261 e. The Kier molecular flexibility index (Phi) is 33.3. The zero-order valence-corrected chi connectivity index (χ0v) is 49.5. The van der Waals surface area contributed by atoms with Crippen LogP contribution in [0, 0.1) is 29.6 Å². The molecule has 0 spiro atoms. The van der Waals surface area contributed by atoms with E-state index >= 15 is 0 Å². The SMILES string of the molecule is CCCCCCCCCCC(O)CC1(O)OC(CC(O)C(O)C(O)C(O)C(O)CC(O)CC(O)CC(O)CC(O)C(C)C(O)C(C)C(O)CC(O)C(C)C(O)C(O)CC(C)CC(C)/C=C(C)/C(O)=C2\C(=O)CN(C)C2=O)C(O)C(O)C1O. The number of unbranched alkanes of at least 4 members (excludes halogenated alkanes) is 7. The van der Waals surface area contributed by atoms with Crippen LogP contribution in [-0.4, -0.2) is 254 Å². The molecule has 24 nitrogen and oxygen atoms in total. The van der Waals surface area contributed by atoms with Gasteiger partial charge in [-0.2, -0.15) is 0 Å². The lowest BCUT2D eigenvalue weighted by molar-refractivity contribution is -0.356. The molecule has 482 valence electrons. The lowest BCUT2D eigenvalue weighted by Gasteiger charge is -2.47. The molecule has 2 heterocycles. The molecule has 24 heteroatoms. The predicted molar refractivity (Wildman–Crippen MR) is 299 cm³/mol. The van der Waals surface area contributed by atoms with Gasteiger partial charge in [0.2, 0.25) is 0 Å². The predicted octanol–water partition coefficient (Wildman–Crippen LogP) is -1.41. The number of hydrogen-bond donors (Lipinski definition) is 20. The van der Waals surface area contributed by atoms with Gasteiger partial charge in [-0.1, -0.05) is 99.0 Å². The van der Waals surface area contributed by atoms with E-state index in [-0.39, 0.29) is 55.4 Å². The smallest absolute Gasteiger partial charge is 0.261 e. The summed E-state index contributed by atoms with van der Waals surface area (Å²) in [6.45, 7) is 11.7. The molecular weight excluding hydrogens is 1080 g/mol. The highest BCUT2D eigenvalue weighted by Gasteiger charge is 2.54. The summed E-state index contributed by atoms with van der Waals surface area (Å²) in [5.74, 6) is -7.23. The molecule has 2 saturated heterocycles. The Labute approximate surface area is 483 Å². The normalized spacial score (nSPS) is 28.3. The third-order valence-electron chi connectivity index (χ3n) is 17.0. The molecule has 1 amide bonds. The van der Waals surface area contributed by atoms with Crippen molar-refractivity contribution in [2.45, 2.75) is 286 Å². The Balaban J connectivity index is 1.83. The van der Waals surface area contributed by atoms with Crippen LogP contribution in [0.15, 0.2) is 23.0 Å². The molecule has 2 aliphatic heterocycles. The number of likely N-dealkylation sites (N-methyl/N-ethyl adjacent to an activating group) is 1. The van der Waals surface area contributed by atoms with Crippen LogP contribution in [0.5, 0.6) is 0 Å². The van der Waals surface area contributed by atoms with Crippen molar-refractivity contribution >= 4 is 11.7 Å². The number of allylic oxidation sites excluding steroid dienone is 2. The lowest BCUT2D eigenvalue weighted by atomic mass is 9.80. The Hall–Kier alpha value is -2.38. The van der Waals surface area contributed by atoms with Gasteiger partial charge in [0, 0.05) is 44.1 Å². The van der Waals surface area contributed by atoms with E-state index in [4.69, 9.17) is 4.74 Å². The van der Waals surface area contributed by atoms with Crippen LogP contribution in [-0.2, 0) is 14.3 Å². The number of ether oxygens (including phenoxy) is 1. The van der Waals surface area contributed by atoms with Crippen molar-refractivity contribution in [3.05, 3.63) is 23.0 Å². The van der Waals surface area contributed by atoms with Crippen molar-refractivity contribution in [1.82, 2.24) is 4.90 Å². The van der Waals surface area contributed by atoms with Gasteiger partial charge in [0.1, 0.15) is 48.0 Å². The summed E-state index contributed by atoms with van der Waals surface area (Å²) < 4.78 is 5.50. The van der Waals surface area contributed by atoms with Crippen molar-refractivity contribution in [3.63, 3.8) is 0 Å². The molecule has 20 N–H and O–H groups in total. The first-order valence-electron chi connectivity index (χ1n) is 29.7. The van der Waals surface area contributed by atoms with E-state index in [1.807, 2.05) is 13.8 Å². The maximum atomic E-state index is 12.3. The largest absolute Gasteiger partial charge is 0.507 e. The Morgan fingerprint density at radius 1 is 0.573 bits per heavy atom. The Bertz CT molecular complexity index is 1920. The number of Topliss-reactive ketones (excluding diaryl/α,β-unsaturated/α-hetero) is 1. The molecular formula is C58H107NO23. The van der Waals surface area contributed by atoms with E-state index in [1.165, 1.54) is 39.1 Å². The van der Waals surface area contributed by atoms with Crippen LogP contribution in [0.4, 0.5) is 0 Å². The van der Waals surface area contributed by atoms with Gasteiger partial charge in [-0.25, -0.2) is 0 Å². The fourth-order valence-corrected chi connectivity index (χ4v) is 11.4. The van der Waals surface area contributed by atoms with Gasteiger partial charge < -0.3 is 112 Å². The van der Waals surface area contributed by atoms with E-state index in [0.29, 0.717) is 18.4 Å². The number of nitrogens with zero attached hydrogens (tertiary/aromatic N) is 1. The van der Waals surface area contributed by atoms with Crippen LogP contribution < -0.4 is 0 Å². The van der Waals surface area contributed by atoms with Gasteiger partial charge in [-0.15, -0.1) is 0 Å². The summed E-state index contributed by atoms with van der Waals surface area (Å²) in [5, 5.41) is 216. The van der Waals surface area contributed by atoms with Gasteiger partial charge in [0.25, 0.3) is 5.91 Å². The van der Waals surface area contributed by atoms with Gasteiger partial charge in [-0.05, 0) is 69.3 Å². The monoisotopic (exact) mass is 1190 g/mol. The summed E-state index contributed by atoms with van der Waals surface area (Å²) in [4.78, 5) is 25.8. The van der Waals surface area contributed by atoms with E-state index < -0.39 is 183 Å². The molecule has 25 atom stereocenters. The topological polar surface area (TPSA) is 451 Å². The fourth-order valence-electron chi connectivity index (χ4n) is 11.4. The minimum atomic E-state index is -2.59. The minimum Gasteiger partial charge on any atom is -0.507 e. The molecule has 2 fully saturated rings. The van der Waals surface area contributed by atoms with Gasteiger partial charge in [-0.3, -0.25) is 9.59 Å². The first-order chi connectivity index (χ1) is 38.1. The maximum absolute atomic E-state index is 12.3. The number of ketones is 1. The Morgan fingerprint density at radius 2 is 1.04 bits per heavy atom. The molecule has 82 heavy (non-hydrogen) atoms. The second-order valence-electron chi connectivity index (χ2n) is 24.6. The van der Waals surface area contributed by atoms with Gasteiger partial charge in [0.15, 0.2) is 11.6 Å². The van der Waals surface area contributed by atoms with Crippen LogP contribution in [0.25, 0.3) is 0 Å². The molecule has 2 rings (SSSR count). The van der Waals surface area contributed by atoms with Crippen molar-refractivity contribution in [2.24, 2.45) is 29.6 Å². The average Bonchev–Trinajstić information content (AvgIpc) is 3.84. The van der Waals surface area contributed by atoms with Crippen molar-refractivity contribution in [2.75, 3.05) is 13.6 Å². The first-order valence-corrected chi connectivity index (χ1v) is 29.7. The number of amides is 1. The summed E-state index contributed by atoms with van der Waals surface area (Å²) >= 11 is 0. The number of carbonyl (C=O) groups is 2. The molecule has 0 bridgehead atoms. The zero-order valence-electron chi connectivity index (χ0n) is 49.5. The highest BCUT2D eigenvalue weighted by Crippen LogP contribution is 2.36. The standard InChI is InChI=1S/C58H107NO23/c1-9-10-11-12-13-14-15-16-17-35(60)27-58(81)56(79)55(78)53(76)46(82-58)26-44(69)52(75)54(77)51(74)43(68)24-38(63)22-36(61)21-37(62)23-39(64)32(5)49(72)33(6)40(65)25-41(66)34(7)50(73)42(67)20-30(3)18-29(2)19-31(4)48(71)47-45(70)28-59(8)57(47)80/h19,29-30,32-44,46,49-56,60-69,71-79,81H,9-18,20-28H2,1-8H3/b31-19+,48-47-. The first kappa shape index (κ1) is 75.7. The summed E-state index contributed by atoms with van der Waals surface area (Å²) in [7, 11) is 1.46. The summed E-state index contributed by atoms with van der Waals surface area (Å²) in [6, 6.07) is 0. The second kappa shape index (κ2) is 36.1. The number of aliphatic hydroxyl groups is 20. The number of hydrogen-bond acceptors (Lipinski definition) is 23. The molecule has 0 aliphatic carbocycles. The van der Waals surface area contributed by atoms with Crippen molar-refractivity contribution in [3.8, 4) is 0 Å². The van der Waals surface area contributed by atoms with Crippen LogP contribution in [0.2, 0.25) is 0 Å². The number of carbonyl (C=O) groups excluding carboxylic acids is 2. The van der Waals surface area contributed by atoms with Crippen molar-refractivity contribution < 1.29 is 116 Å². The van der Waals surface area contributed by atoms with Crippen LogP contribution in [0.3, 0.4) is 0 Å². The van der Waals surface area contributed by atoms with Crippen molar-refractivity contribution in [1.29, 1.82) is 0 Å². The molecule has 0 saturated carbocycles. The number of likely N-dealkylation sites (tertiary alicyclic amines) is 1. The highest BCUT2D eigenvalue weighted by molar-refractivity contribution is 6.25. The average molecular weight is 1190 g/mol. The molecule has 0 aromatic rings. The Morgan fingerprint density at radius 3 is 1.56 bits per heavy atom. The quantitative estimate of drug-likeness (QED) is 0.0145. The molecule has 25 unspecified atom stereocenters. The fraction of sp³-hybridized carbons (Fsp3) is 0.897. The molecule has 0 aromatic carbocycles. The minimum absolute atomic E-state index is 0.120. The summed E-state index contributed by atoms with van der Waals surface area (Å²) in [5.41, 5.74) is 0.0812. The van der Waals surface area contributed by atoms with Gasteiger partial charge >= 0.3 is 0 Å².